The van der Waals surface area contributed by atoms with Crippen LogP contribution in [0.15, 0.2) is 24.3 Å². The molecule has 0 saturated heterocycles. The molecular formula is C21H22N2OS2. The van der Waals surface area contributed by atoms with Gasteiger partial charge < -0.3 is 5.32 Å². The van der Waals surface area contributed by atoms with Crippen LogP contribution in [0.25, 0.3) is 20.8 Å². The molecule has 2 aromatic heterocycles. The molecular weight excluding hydrogens is 360 g/mol. The van der Waals surface area contributed by atoms with Crippen LogP contribution in [0, 0.1) is 5.92 Å². The Hall–Kier alpha value is -1.72. The van der Waals surface area contributed by atoms with E-state index in [1.807, 2.05) is 6.07 Å². The molecule has 2 heterocycles. The van der Waals surface area contributed by atoms with Gasteiger partial charge in [0.1, 0.15) is 10.0 Å². The topological polar surface area (TPSA) is 42.0 Å². The van der Waals surface area contributed by atoms with Crippen LogP contribution in [0.4, 0.5) is 5.00 Å². The largest absolute Gasteiger partial charge is 0.317 e. The third kappa shape index (κ3) is 2.87. The highest BCUT2D eigenvalue weighted by molar-refractivity contribution is 7.22. The maximum absolute atomic E-state index is 12.8. The average molecular weight is 383 g/mol. The number of hydrogen-bond acceptors (Lipinski definition) is 4. The summed E-state index contributed by atoms with van der Waals surface area (Å²) >= 11 is 3.53. The number of aryl methyl sites for hydroxylation is 1. The monoisotopic (exact) mass is 382 g/mol. The summed E-state index contributed by atoms with van der Waals surface area (Å²) in [5, 5.41) is 5.40. The Kier molecular flexibility index (Phi) is 4.29. The van der Waals surface area contributed by atoms with Gasteiger partial charge in [0.2, 0.25) is 5.91 Å². The van der Waals surface area contributed by atoms with Gasteiger partial charge in [0.05, 0.1) is 10.2 Å². The van der Waals surface area contributed by atoms with Crippen LogP contribution in [-0.4, -0.2) is 10.9 Å². The standard InChI is InChI=1S/C21H22N2OS2/c24-19(13-7-1-2-8-13)23-21-18(14-9-3-5-11-16(14)25-21)20-22-15-10-4-6-12-17(15)26-20/h4,6,10,12-13H,1-3,5,7-9,11H2,(H,23,24). The second kappa shape index (κ2) is 6.78. The van der Waals surface area contributed by atoms with E-state index in [1.54, 1.807) is 22.7 Å². The van der Waals surface area contributed by atoms with Crippen molar-refractivity contribution in [2.75, 3.05) is 5.32 Å². The van der Waals surface area contributed by atoms with E-state index >= 15 is 0 Å². The lowest BCUT2D eigenvalue weighted by Gasteiger charge is -2.12. The quantitative estimate of drug-likeness (QED) is 0.601. The van der Waals surface area contributed by atoms with E-state index in [0.29, 0.717) is 0 Å². The van der Waals surface area contributed by atoms with Gasteiger partial charge in [-0.25, -0.2) is 4.98 Å². The minimum atomic E-state index is 0.192. The molecule has 5 heteroatoms. The average Bonchev–Trinajstić information content (AvgIpc) is 3.38. The van der Waals surface area contributed by atoms with Gasteiger partial charge in [-0.2, -0.15) is 0 Å². The number of benzene rings is 1. The fourth-order valence-corrected chi connectivity index (χ4v) is 6.66. The number of thiophene rings is 1. The maximum atomic E-state index is 12.8. The number of amides is 1. The molecule has 5 rings (SSSR count). The Labute approximate surface area is 161 Å². The number of thiazole rings is 1. The summed E-state index contributed by atoms with van der Waals surface area (Å²) in [6.45, 7) is 0. The first-order chi connectivity index (χ1) is 12.8. The van der Waals surface area contributed by atoms with Crippen LogP contribution in [0.3, 0.4) is 0 Å². The highest BCUT2D eigenvalue weighted by Gasteiger charge is 2.28. The van der Waals surface area contributed by atoms with E-state index in [-0.39, 0.29) is 11.8 Å². The summed E-state index contributed by atoms with van der Waals surface area (Å²) in [5.41, 5.74) is 3.69. The first kappa shape index (κ1) is 16.5. The lowest BCUT2D eigenvalue weighted by molar-refractivity contribution is -0.119. The highest BCUT2D eigenvalue weighted by Crippen LogP contribution is 2.46. The van der Waals surface area contributed by atoms with Gasteiger partial charge in [-0.3, -0.25) is 4.79 Å². The number of aromatic nitrogens is 1. The van der Waals surface area contributed by atoms with Crippen molar-refractivity contribution in [2.45, 2.75) is 51.4 Å². The summed E-state index contributed by atoms with van der Waals surface area (Å²) < 4.78 is 1.21. The number of carbonyl (C=O) groups excluding carboxylic acids is 1. The Bertz CT molecular complexity index is 933. The number of fused-ring (bicyclic) bond motifs is 2. The van der Waals surface area contributed by atoms with Crippen molar-refractivity contribution in [3.05, 3.63) is 34.7 Å². The lowest BCUT2D eigenvalue weighted by Crippen LogP contribution is -2.20. The molecule has 3 nitrogen and oxygen atoms in total. The molecule has 0 bridgehead atoms. The third-order valence-electron chi connectivity index (χ3n) is 5.64. The molecule has 1 saturated carbocycles. The fourth-order valence-electron chi connectivity index (χ4n) is 4.26. The van der Waals surface area contributed by atoms with Crippen molar-refractivity contribution in [3.8, 4) is 10.6 Å². The summed E-state index contributed by atoms with van der Waals surface area (Å²) in [7, 11) is 0. The number of nitrogens with zero attached hydrogens (tertiary/aromatic N) is 1. The van der Waals surface area contributed by atoms with E-state index in [4.69, 9.17) is 4.98 Å². The van der Waals surface area contributed by atoms with Crippen molar-refractivity contribution >= 4 is 43.8 Å². The molecule has 0 radical (unpaired) electrons. The van der Waals surface area contributed by atoms with Gasteiger partial charge in [-0.1, -0.05) is 25.0 Å². The Balaban J connectivity index is 1.58. The molecule has 2 aliphatic carbocycles. The van der Waals surface area contributed by atoms with E-state index in [0.717, 1.165) is 41.2 Å². The lowest BCUT2D eigenvalue weighted by atomic mass is 9.95. The highest BCUT2D eigenvalue weighted by atomic mass is 32.1. The van der Waals surface area contributed by atoms with Crippen molar-refractivity contribution in [3.63, 3.8) is 0 Å². The summed E-state index contributed by atoms with van der Waals surface area (Å²) in [6.07, 6.45) is 9.17. The Morgan fingerprint density at radius 2 is 1.85 bits per heavy atom. The second-order valence-corrected chi connectivity index (χ2v) is 9.51. The molecule has 1 amide bonds. The van der Waals surface area contributed by atoms with Crippen LogP contribution in [0.1, 0.15) is 49.0 Å². The minimum absolute atomic E-state index is 0.192. The normalized spacial score (nSPS) is 17.5. The van der Waals surface area contributed by atoms with Gasteiger partial charge in [-0.15, -0.1) is 22.7 Å². The van der Waals surface area contributed by atoms with Crippen LogP contribution in [0.2, 0.25) is 0 Å². The fraction of sp³-hybridized carbons (Fsp3) is 0.429. The molecule has 1 fully saturated rings. The molecule has 134 valence electrons. The number of nitrogens with one attached hydrogen (secondary N) is 1. The number of anilines is 1. The predicted molar refractivity (Wildman–Crippen MR) is 110 cm³/mol. The van der Waals surface area contributed by atoms with Gasteiger partial charge in [0.15, 0.2) is 0 Å². The van der Waals surface area contributed by atoms with Gasteiger partial charge in [0, 0.05) is 16.4 Å². The van der Waals surface area contributed by atoms with Crippen molar-refractivity contribution in [2.24, 2.45) is 5.92 Å². The van der Waals surface area contributed by atoms with E-state index in [9.17, 15) is 4.79 Å². The molecule has 1 aromatic carbocycles. The molecule has 26 heavy (non-hydrogen) atoms. The molecule has 2 aliphatic rings. The van der Waals surface area contributed by atoms with Crippen LogP contribution >= 0.6 is 22.7 Å². The smallest absolute Gasteiger partial charge is 0.228 e. The van der Waals surface area contributed by atoms with E-state index < -0.39 is 0 Å². The van der Waals surface area contributed by atoms with Gasteiger partial charge in [0.25, 0.3) is 0 Å². The maximum Gasteiger partial charge on any atom is 0.228 e. The Morgan fingerprint density at radius 3 is 2.69 bits per heavy atom. The summed E-state index contributed by atoms with van der Waals surface area (Å²) in [6, 6.07) is 8.31. The van der Waals surface area contributed by atoms with Crippen LogP contribution in [-0.2, 0) is 17.6 Å². The van der Waals surface area contributed by atoms with Crippen LogP contribution < -0.4 is 5.32 Å². The zero-order chi connectivity index (χ0) is 17.5. The number of para-hydroxylation sites is 1. The van der Waals surface area contributed by atoms with E-state index in [2.05, 4.69) is 23.5 Å². The van der Waals surface area contributed by atoms with Crippen molar-refractivity contribution in [1.29, 1.82) is 0 Å². The zero-order valence-electron chi connectivity index (χ0n) is 14.7. The molecule has 0 aliphatic heterocycles. The number of carbonyl (C=O) groups is 1. The molecule has 0 spiro atoms. The first-order valence-electron chi connectivity index (χ1n) is 9.61. The Morgan fingerprint density at radius 1 is 1.04 bits per heavy atom. The minimum Gasteiger partial charge on any atom is -0.317 e. The van der Waals surface area contributed by atoms with Gasteiger partial charge in [-0.05, 0) is 56.2 Å². The predicted octanol–water partition coefficient (Wildman–Crippen LogP) is 6.03. The summed E-state index contributed by atoms with van der Waals surface area (Å²) in [4.78, 5) is 19.1. The SMILES string of the molecule is O=C(Nc1sc2c(c1-c1nc3ccccc3s1)CCCC2)C1CCCC1. The molecule has 0 unspecified atom stereocenters. The third-order valence-corrected chi connectivity index (χ3v) is 7.90. The van der Waals surface area contributed by atoms with Crippen molar-refractivity contribution < 1.29 is 4.79 Å². The first-order valence-corrected chi connectivity index (χ1v) is 11.2. The second-order valence-electron chi connectivity index (χ2n) is 7.37. The molecule has 1 N–H and O–H groups in total. The summed E-state index contributed by atoms with van der Waals surface area (Å²) in [5.74, 6) is 0.404. The molecule has 0 atom stereocenters. The van der Waals surface area contributed by atoms with Crippen LogP contribution in [0.5, 0.6) is 0 Å². The molecule has 3 aromatic rings. The number of rotatable bonds is 3. The van der Waals surface area contributed by atoms with E-state index in [1.165, 1.54) is 46.4 Å². The van der Waals surface area contributed by atoms with Crippen molar-refractivity contribution in [1.82, 2.24) is 4.98 Å². The number of hydrogen-bond donors (Lipinski definition) is 1. The van der Waals surface area contributed by atoms with Gasteiger partial charge >= 0.3 is 0 Å². The zero-order valence-corrected chi connectivity index (χ0v) is 16.3.